The lowest BCUT2D eigenvalue weighted by Gasteiger charge is -2.10. The van der Waals surface area contributed by atoms with Crippen LogP contribution in [0, 0.1) is 0 Å². The smallest absolute Gasteiger partial charge is 0.0541 e. The zero-order valence-corrected chi connectivity index (χ0v) is 34.1. The summed E-state index contributed by atoms with van der Waals surface area (Å²) in [5, 5.41) is 7.53. The minimum atomic E-state index is 1.11. The Morgan fingerprint density at radius 2 is 0.623 bits per heavy atom. The van der Waals surface area contributed by atoms with Crippen LogP contribution in [0.3, 0.4) is 0 Å². The molecule has 0 bridgehead atoms. The molecule has 0 unspecified atom stereocenters. The Morgan fingerprint density at radius 1 is 0.295 bits per heavy atom. The minimum Gasteiger partial charge on any atom is -0.309 e. The van der Waals surface area contributed by atoms with Gasteiger partial charge in [0.25, 0.3) is 0 Å². The van der Waals surface area contributed by atoms with Gasteiger partial charge in [0.2, 0.25) is 0 Å². The molecule has 0 saturated heterocycles. The Kier molecular flexibility index (Phi) is 8.28. The largest absolute Gasteiger partial charge is 0.309 e. The molecule has 9 aromatic carbocycles. The minimum absolute atomic E-state index is 1.11. The monoisotopic (exact) mass is 781 g/mol. The Hall–Kier alpha value is -7.62. The summed E-state index contributed by atoms with van der Waals surface area (Å²) in [6.07, 6.45) is 3.51. The van der Waals surface area contributed by atoms with Gasteiger partial charge in [-0.15, -0.1) is 0 Å². The van der Waals surface area contributed by atoms with Gasteiger partial charge in [-0.05, 0) is 138 Å². The zero-order chi connectivity index (χ0) is 40.4. The lowest BCUT2D eigenvalue weighted by Crippen LogP contribution is -1.95. The van der Waals surface area contributed by atoms with Crippen molar-refractivity contribution in [3.05, 3.63) is 212 Å². The Morgan fingerprint density at radius 3 is 1.02 bits per heavy atom. The van der Waals surface area contributed by atoms with Crippen LogP contribution in [0.2, 0.25) is 0 Å². The van der Waals surface area contributed by atoms with Crippen LogP contribution >= 0.6 is 0 Å². The van der Waals surface area contributed by atoms with E-state index in [9.17, 15) is 0 Å². The normalized spacial score (nSPS) is 11.9. The number of fused-ring (bicyclic) bond motifs is 9. The van der Waals surface area contributed by atoms with E-state index in [-0.39, 0.29) is 0 Å². The molecule has 0 aliphatic carbocycles. The fourth-order valence-electron chi connectivity index (χ4n) is 9.87. The molecule has 0 aliphatic rings. The van der Waals surface area contributed by atoms with Crippen LogP contribution in [0.4, 0.5) is 0 Å². The predicted molar refractivity (Wildman–Crippen MR) is 259 cm³/mol. The quantitative estimate of drug-likeness (QED) is 0.146. The molecule has 0 saturated carbocycles. The second kappa shape index (κ2) is 14.3. The molecule has 0 amide bonds. The first-order valence-electron chi connectivity index (χ1n) is 21.6. The van der Waals surface area contributed by atoms with Crippen LogP contribution in [0.15, 0.2) is 206 Å². The van der Waals surface area contributed by atoms with Crippen molar-refractivity contribution in [3.63, 3.8) is 0 Å². The van der Waals surface area contributed by atoms with Crippen molar-refractivity contribution in [2.24, 2.45) is 0 Å². The van der Waals surface area contributed by atoms with Crippen molar-refractivity contribution in [3.8, 4) is 39.3 Å². The molecule has 61 heavy (non-hydrogen) atoms. The van der Waals surface area contributed by atoms with Gasteiger partial charge in [-0.25, -0.2) is 0 Å². The van der Waals surface area contributed by atoms with Crippen molar-refractivity contribution >= 4 is 65.4 Å². The number of benzene rings is 9. The highest BCUT2D eigenvalue weighted by Crippen LogP contribution is 2.41. The number of aromatic nitrogens is 3. The van der Waals surface area contributed by atoms with Gasteiger partial charge in [0.05, 0.1) is 33.1 Å². The standard InChI is InChI=1S/C58H43N3/c1-2-3-14-39-23-29-46(30-24-39)61-57-33-27-42(40-25-31-55-49(35-40)47-19-10-12-21-53(47)59(55)44-15-6-4-7-16-44)37-51(57)52-38-43(28-34-58(52)61)41-26-32-56-50(36-41)48-20-11-13-22-54(48)60(56)45-17-8-5-9-18-45/h4-13,15-38H,2-3,14H2,1H3. The Labute approximate surface area is 355 Å². The van der Waals surface area contributed by atoms with Gasteiger partial charge in [0, 0.05) is 49.4 Å². The molecular formula is C58H43N3. The van der Waals surface area contributed by atoms with Crippen LogP contribution in [0.5, 0.6) is 0 Å². The molecule has 0 aliphatic heterocycles. The molecule has 3 heteroatoms. The van der Waals surface area contributed by atoms with Gasteiger partial charge in [0.1, 0.15) is 0 Å². The van der Waals surface area contributed by atoms with Crippen LogP contribution in [0.1, 0.15) is 25.3 Å². The molecule has 12 rings (SSSR count). The van der Waals surface area contributed by atoms with Crippen LogP contribution in [-0.2, 0) is 6.42 Å². The maximum absolute atomic E-state index is 2.45. The predicted octanol–water partition coefficient (Wildman–Crippen LogP) is 15.7. The molecule has 0 radical (unpaired) electrons. The number of para-hydroxylation sites is 4. The first-order valence-corrected chi connectivity index (χ1v) is 21.6. The lowest BCUT2D eigenvalue weighted by atomic mass is 9.98. The average molecular weight is 782 g/mol. The van der Waals surface area contributed by atoms with E-state index in [1.54, 1.807) is 0 Å². The van der Waals surface area contributed by atoms with Crippen LogP contribution < -0.4 is 0 Å². The fraction of sp³-hybridized carbons (Fsp3) is 0.0690. The van der Waals surface area contributed by atoms with Crippen molar-refractivity contribution in [1.82, 2.24) is 13.7 Å². The summed E-state index contributed by atoms with van der Waals surface area (Å²) in [6.45, 7) is 2.26. The second-order valence-electron chi connectivity index (χ2n) is 16.4. The number of hydrogen-bond donors (Lipinski definition) is 0. The molecule has 290 valence electrons. The summed E-state index contributed by atoms with van der Waals surface area (Å²) in [7, 11) is 0. The number of nitrogens with zero attached hydrogens (tertiary/aromatic N) is 3. The van der Waals surface area contributed by atoms with Crippen LogP contribution in [0.25, 0.3) is 105 Å². The van der Waals surface area contributed by atoms with E-state index in [0.717, 1.165) is 6.42 Å². The number of unbranched alkanes of at least 4 members (excludes halogenated alkanes) is 1. The maximum atomic E-state index is 2.45. The molecule has 3 nitrogen and oxygen atoms in total. The summed E-state index contributed by atoms with van der Waals surface area (Å²) in [5.74, 6) is 0. The van der Waals surface area contributed by atoms with Gasteiger partial charge in [-0.3, -0.25) is 0 Å². The number of rotatable bonds is 8. The first-order chi connectivity index (χ1) is 30.2. The summed E-state index contributed by atoms with van der Waals surface area (Å²) in [6, 6.07) is 76.3. The van der Waals surface area contributed by atoms with Crippen molar-refractivity contribution in [2.75, 3.05) is 0 Å². The molecule has 12 aromatic rings. The van der Waals surface area contributed by atoms with E-state index in [0.29, 0.717) is 0 Å². The van der Waals surface area contributed by atoms with Crippen molar-refractivity contribution in [2.45, 2.75) is 26.2 Å². The van der Waals surface area contributed by atoms with Gasteiger partial charge >= 0.3 is 0 Å². The van der Waals surface area contributed by atoms with Gasteiger partial charge in [0.15, 0.2) is 0 Å². The van der Waals surface area contributed by atoms with Crippen LogP contribution in [-0.4, -0.2) is 13.7 Å². The highest BCUT2D eigenvalue weighted by Gasteiger charge is 2.18. The zero-order valence-electron chi connectivity index (χ0n) is 34.1. The molecule has 3 heterocycles. The molecular weight excluding hydrogens is 739 g/mol. The fourth-order valence-corrected chi connectivity index (χ4v) is 9.87. The lowest BCUT2D eigenvalue weighted by molar-refractivity contribution is 0.795. The SMILES string of the molecule is CCCCc1ccc(-n2c3ccc(-c4ccc5c(c4)c4ccccc4n5-c4ccccc4)cc3c3cc(-c4ccc5c(c4)c4ccccc4n5-c4ccccc4)ccc32)cc1. The topological polar surface area (TPSA) is 14.8 Å². The Balaban J connectivity index is 1.04. The number of hydrogen-bond acceptors (Lipinski definition) is 0. The van der Waals surface area contributed by atoms with E-state index in [1.807, 2.05) is 0 Å². The van der Waals surface area contributed by atoms with Crippen molar-refractivity contribution in [1.29, 1.82) is 0 Å². The van der Waals surface area contributed by atoms with E-state index >= 15 is 0 Å². The highest BCUT2D eigenvalue weighted by molar-refractivity contribution is 6.14. The van der Waals surface area contributed by atoms with E-state index < -0.39 is 0 Å². The maximum Gasteiger partial charge on any atom is 0.0541 e. The summed E-state index contributed by atoms with van der Waals surface area (Å²) in [4.78, 5) is 0. The van der Waals surface area contributed by atoms with Gasteiger partial charge in [-0.2, -0.15) is 0 Å². The summed E-state index contributed by atoms with van der Waals surface area (Å²) in [5.41, 5.74) is 17.0. The molecule has 0 atom stereocenters. The second-order valence-corrected chi connectivity index (χ2v) is 16.4. The highest BCUT2D eigenvalue weighted by atomic mass is 15.0. The Bertz CT molecular complexity index is 3390. The average Bonchev–Trinajstić information content (AvgIpc) is 3.96. The van der Waals surface area contributed by atoms with E-state index in [1.165, 1.54) is 123 Å². The third-order valence-corrected chi connectivity index (χ3v) is 12.8. The third-order valence-electron chi connectivity index (χ3n) is 12.8. The first kappa shape index (κ1) is 35.3. The van der Waals surface area contributed by atoms with Gasteiger partial charge in [-0.1, -0.05) is 123 Å². The summed E-state index contributed by atoms with van der Waals surface area (Å²) >= 11 is 0. The summed E-state index contributed by atoms with van der Waals surface area (Å²) < 4.78 is 7.23. The number of aryl methyl sites for hydroxylation is 1. The molecule has 3 aromatic heterocycles. The molecule has 0 spiro atoms. The van der Waals surface area contributed by atoms with E-state index in [2.05, 4.69) is 227 Å². The van der Waals surface area contributed by atoms with Gasteiger partial charge < -0.3 is 13.7 Å². The van der Waals surface area contributed by atoms with E-state index in [4.69, 9.17) is 0 Å². The molecule has 0 N–H and O–H groups in total. The van der Waals surface area contributed by atoms with Crippen molar-refractivity contribution < 1.29 is 0 Å². The third kappa shape index (κ3) is 5.73. The molecule has 0 fully saturated rings.